The molecule has 19 heavy (non-hydrogen) atoms. The van der Waals surface area contributed by atoms with E-state index in [1.807, 2.05) is 12.1 Å². The first-order valence-corrected chi connectivity index (χ1v) is 6.35. The summed E-state index contributed by atoms with van der Waals surface area (Å²) in [6.45, 7) is 6.21. The molecule has 0 aliphatic carbocycles. The highest BCUT2D eigenvalue weighted by atomic mass is 16.5. The number of rotatable bonds is 6. The first-order chi connectivity index (χ1) is 9.19. The van der Waals surface area contributed by atoms with E-state index in [2.05, 4.69) is 40.6 Å². The van der Waals surface area contributed by atoms with Gasteiger partial charge in [0.25, 0.3) is 0 Å². The van der Waals surface area contributed by atoms with E-state index >= 15 is 0 Å². The van der Waals surface area contributed by atoms with Gasteiger partial charge in [-0.2, -0.15) is 4.80 Å². The van der Waals surface area contributed by atoms with E-state index in [0.29, 0.717) is 12.4 Å². The fourth-order valence-corrected chi connectivity index (χ4v) is 1.77. The molecule has 1 aromatic carbocycles. The van der Waals surface area contributed by atoms with Crippen LogP contribution in [-0.2, 0) is 20.2 Å². The minimum atomic E-state index is 0.329. The van der Waals surface area contributed by atoms with Gasteiger partial charge in [0.2, 0.25) is 5.82 Å². The zero-order valence-electron chi connectivity index (χ0n) is 11.6. The van der Waals surface area contributed by atoms with Gasteiger partial charge in [0.1, 0.15) is 5.75 Å². The summed E-state index contributed by atoms with van der Waals surface area (Å²) in [6.07, 6.45) is 0. The maximum atomic E-state index is 5.77. The first kappa shape index (κ1) is 13.5. The lowest BCUT2D eigenvalue weighted by molar-refractivity contribution is 0.291. The van der Waals surface area contributed by atoms with Crippen molar-refractivity contribution in [3.63, 3.8) is 0 Å². The number of hydrogen-bond donors (Lipinski definition) is 1. The Balaban J connectivity index is 2.05. The van der Waals surface area contributed by atoms with Crippen LogP contribution in [0.5, 0.6) is 5.75 Å². The molecule has 0 saturated heterocycles. The predicted octanol–water partition coefficient (Wildman–Crippen LogP) is 1.21. The molecule has 0 bridgehead atoms. The number of benzene rings is 1. The van der Waals surface area contributed by atoms with Crippen molar-refractivity contribution in [2.24, 2.45) is 7.05 Å². The summed E-state index contributed by atoms with van der Waals surface area (Å²) in [6, 6.07) is 6.15. The molecular weight excluding hydrogens is 242 g/mol. The third kappa shape index (κ3) is 3.75. The lowest BCUT2D eigenvalue weighted by Gasteiger charge is -2.11. The summed E-state index contributed by atoms with van der Waals surface area (Å²) in [5.41, 5.74) is 2.36. The molecule has 2 aromatic rings. The highest BCUT2D eigenvalue weighted by Crippen LogP contribution is 2.20. The van der Waals surface area contributed by atoms with E-state index in [1.165, 1.54) is 10.4 Å². The molecule has 0 amide bonds. The van der Waals surface area contributed by atoms with Crippen molar-refractivity contribution in [3.8, 4) is 5.75 Å². The molecule has 0 radical (unpaired) electrons. The van der Waals surface area contributed by atoms with E-state index in [1.54, 1.807) is 7.05 Å². The quantitative estimate of drug-likeness (QED) is 0.846. The molecule has 0 atom stereocenters. The molecule has 0 aliphatic rings. The van der Waals surface area contributed by atoms with Crippen LogP contribution in [0.2, 0.25) is 0 Å². The van der Waals surface area contributed by atoms with Crippen molar-refractivity contribution >= 4 is 0 Å². The van der Waals surface area contributed by atoms with E-state index < -0.39 is 0 Å². The fourth-order valence-electron chi connectivity index (χ4n) is 1.77. The lowest BCUT2D eigenvalue weighted by atomic mass is 10.1. The van der Waals surface area contributed by atoms with Crippen LogP contribution in [0.4, 0.5) is 0 Å². The monoisotopic (exact) mass is 261 g/mol. The second kappa shape index (κ2) is 6.29. The molecule has 1 N–H and O–H groups in total. The molecule has 0 saturated carbocycles. The second-order valence-corrected chi connectivity index (χ2v) is 4.38. The summed E-state index contributed by atoms with van der Waals surface area (Å²) in [7, 11) is 1.74. The smallest absolute Gasteiger partial charge is 0.212 e. The van der Waals surface area contributed by atoms with Gasteiger partial charge in [0.15, 0.2) is 6.61 Å². The summed E-state index contributed by atoms with van der Waals surface area (Å²) in [5, 5.41) is 15.1. The normalized spacial score (nSPS) is 10.7. The Morgan fingerprint density at radius 1 is 1.37 bits per heavy atom. The zero-order chi connectivity index (χ0) is 13.7. The van der Waals surface area contributed by atoms with Crippen molar-refractivity contribution in [3.05, 3.63) is 35.2 Å². The lowest BCUT2D eigenvalue weighted by Crippen LogP contribution is -2.13. The SMILES string of the molecule is CCNCc1cc(C)ccc1OCc1nnn(C)n1. The van der Waals surface area contributed by atoms with Crippen LogP contribution >= 0.6 is 0 Å². The van der Waals surface area contributed by atoms with E-state index in [4.69, 9.17) is 4.74 Å². The van der Waals surface area contributed by atoms with Crippen molar-refractivity contribution in [1.29, 1.82) is 0 Å². The second-order valence-electron chi connectivity index (χ2n) is 4.38. The van der Waals surface area contributed by atoms with Crippen molar-refractivity contribution in [2.75, 3.05) is 6.54 Å². The molecule has 6 nitrogen and oxygen atoms in total. The number of nitrogens with zero attached hydrogens (tertiary/aromatic N) is 4. The predicted molar refractivity (Wildman–Crippen MR) is 71.7 cm³/mol. The van der Waals surface area contributed by atoms with Crippen LogP contribution in [-0.4, -0.2) is 26.8 Å². The van der Waals surface area contributed by atoms with E-state index in [0.717, 1.165) is 24.4 Å². The van der Waals surface area contributed by atoms with E-state index in [-0.39, 0.29) is 0 Å². The van der Waals surface area contributed by atoms with Crippen LogP contribution in [0.25, 0.3) is 0 Å². The Bertz CT molecular complexity index is 538. The molecule has 0 fully saturated rings. The number of aryl methyl sites for hydroxylation is 2. The maximum absolute atomic E-state index is 5.77. The molecule has 0 aliphatic heterocycles. The van der Waals surface area contributed by atoms with Crippen LogP contribution < -0.4 is 10.1 Å². The maximum Gasteiger partial charge on any atom is 0.212 e. The van der Waals surface area contributed by atoms with Gasteiger partial charge in [-0.05, 0) is 24.7 Å². The van der Waals surface area contributed by atoms with Crippen molar-refractivity contribution < 1.29 is 4.74 Å². The molecule has 102 valence electrons. The highest BCUT2D eigenvalue weighted by Gasteiger charge is 2.06. The van der Waals surface area contributed by atoms with Crippen LogP contribution in [0, 0.1) is 6.92 Å². The van der Waals surface area contributed by atoms with Gasteiger partial charge in [-0.25, -0.2) is 0 Å². The summed E-state index contributed by atoms with van der Waals surface area (Å²) in [4.78, 5) is 1.42. The van der Waals surface area contributed by atoms with Crippen LogP contribution in [0.3, 0.4) is 0 Å². The molecule has 1 aromatic heterocycles. The van der Waals surface area contributed by atoms with Gasteiger partial charge < -0.3 is 10.1 Å². The Kier molecular flexibility index (Phi) is 4.46. The topological polar surface area (TPSA) is 64.9 Å². The molecule has 0 spiro atoms. The minimum absolute atomic E-state index is 0.329. The van der Waals surface area contributed by atoms with Crippen LogP contribution in [0.1, 0.15) is 23.9 Å². The number of tetrazole rings is 1. The highest BCUT2D eigenvalue weighted by molar-refractivity contribution is 5.36. The number of aromatic nitrogens is 4. The fraction of sp³-hybridized carbons (Fsp3) is 0.462. The number of ether oxygens (including phenoxy) is 1. The average Bonchev–Trinajstić information content (AvgIpc) is 2.81. The standard InChI is InChI=1S/C13H19N5O/c1-4-14-8-11-7-10(2)5-6-12(11)19-9-13-15-17-18(3)16-13/h5-7,14H,4,8-9H2,1-3H3. The van der Waals surface area contributed by atoms with Gasteiger partial charge in [-0.15, -0.1) is 10.2 Å². The Morgan fingerprint density at radius 3 is 2.89 bits per heavy atom. The third-order valence-corrected chi connectivity index (χ3v) is 2.69. The van der Waals surface area contributed by atoms with Gasteiger partial charge >= 0.3 is 0 Å². The summed E-state index contributed by atoms with van der Waals surface area (Å²) in [5.74, 6) is 1.44. The summed E-state index contributed by atoms with van der Waals surface area (Å²) < 4.78 is 5.77. The Morgan fingerprint density at radius 2 is 2.21 bits per heavy atom. The Labute approximate surface area is 112 Å². The van der Waals surface area contributed by atoms with Gasteiger partial charge in [0, 0.05) is 12.1 Å². The summed E-state index contributed by atoms with van der Waals surface area (Å²) >= 11 is 0. The molecule has 0 unspecified atom stereocenters. The largest absolute Gasteiger partial charge is 0.485 e. The molecule has 6 heteroatoms. The Hall–Kier alpha value is -1.95. The number of nitrogens with one attached hydrogen (secondary N) is 1. The van der Waals surface area contributed by atoms with Crippen molar-refractivity contribution in [1.82, 2.24) is 25.5 Å². The molecule has 1 heterocycles. The van der Waals surface area contributed by atoms with Gasteiger partial charge in [-0.3, -0.25) is 0 Å². The first-order valence-electron chi connectivity index (χ1n) is 6.35. The van der Waals surface area contributed by atoms with E-state index in [9.17, 15) is 0 Å². The average molecular weight is 261 g/mol. The molecule has 2 rings (SSSR count). The van der Waals surface area contributed by atoms with Crippen LogP contribution in [0.15, 0.2) is 18.2 Å². The van der Waals surface area contributed by atoms with Crippen molar-refractivity contribution in [2.45, 2.75) is 27.0 Å². The third-order valence-electron chi connectivity index (χ3n) is 2.69. The van der Waals surface area contributed by atoms with Gasteiger partial charge in [0.05, 0.1) is 7.05 Å². The van der Waals surface area contributed by atoms with Gasteiger partial charge in [-0.1, -0.05) is 24.6 Å². The zero-order valence-corrected chi connectivity index (χ0v) is 11.6. The number of hydrogen-bond acceptors (Lipinski definition) is 5. The molecular formula is C13H19N5O. The minimum Gasteiger partial charge on any atom is -0.485 e.